The third-order valence-corrected chi connectivity index (χ3v) is 3.59. The van der Waals surface area contributed by atoms with Crippen molar-refractivity contribution in [3.05, 3.63) is 24.3 Å². The van der Waals surface area contributed by atoms with Crippen LogP contribution in [0.15, 0.2) is 24.3 Å². The van der Waals surface area contributed by atoms with Crippen molar-refractivity contribution in [3.8, 4) is 5.75 Å². The third-order valence-electron chi connectivity index (χ3n) is 3.59. The van der Waals surface area contributed by atoms with Gasteiger partial charge in [-0.2, -0.15) is 0 Å². The number of anilines is 1. The molecule has 0 saturated carbocycles. The first-order valence-electron chi connectivity index (χ1n) is 7.32. The van der Waals surface area contributed by atoms with Crippen LogP contribution < -0.4 is 20.7 Å². The molecule has 1 saturated heterocycles. The van der Waals surface area contributed by atoms with Crippen molar-refractivity contribution in [2.45, 2.75) is 25.8 Å². The summed E-state index contributed by atoms with van der Waals surface area (Å²) in [5, 5.41) is 2.81. The number of hydrogen-bond donors (Lipinski definition) is 2. The standard InChI is InChI=1S/C16H23N3O3/c1-16(2,17)10-18-15(21)11-8-14(20)19(9-11)12-6-4-5-7-13(12)22-3/h4-7,11H,8-10,17H2,1-3H3,(H,18,21). The molecule has 2 amide bonds. The van der Waals surface area contributed by atoms with Crippen molar-refractivity contribution in [2.75, 3.05) is 25.1 Å². The molecule has 2 rings (SSSR count). The number of hydrogen-bond acceptors (Lipinski definition) is 4. The second-order valence-corrected chi connectivity index (χ2v) is 6.28. The lowest BCUT2D eigenvalue weighted by molar-refractivity contribution is -0.126. The van der Waals surface area contributed by atoms with Crippen LogP contribution in [0.4, 0.5) is 5.69 Å². The van der Waals surface area contributed by atoms with Crippen LogP contribution in [-0.2, 0) is 9.59 Å². The molecular formula is C16H23N3O3. The normalized spacial score (nSPS) is 18.5. The fourth-order valence-corrected chi connectivity index (χ4v) is 2.43. The summed E-state index contributed by atoms with van der Waals surface area (Å²) in [6.45, 7) is 4.42. The van der Waals surface area contributed by atoms with Crippen LogP contribution >= 0.6 is 0 Å². The van der Waals surface area contributed by atoms with Gasteiger partial charge in [0.2, 0.25) is 11.8 Å². The zero-order valence-corrected chi connectivity index (χ0v) is 13.3. The van der Waals surface area contributed by atoms with Gasteiger partial charge in [0.25, 0.3) is 0 Å². The highest BCUT2D eigenvalue weighted by molar-refractivity contribution is 6.01. The molecule has 6 heteroatoms. The first-order valence-corrected chi connectivity index (χ1v) is 7.32. The summed E-state index contributed by atoms with van der Waals surface area (Å²) in [6, 6.07) is 7.30. The fraction of sp³-hybridized carbons (Fsp3) is 0.500. The van der Waals surface area contributed by atoms with E-state index in [1.165, 1.54) is 0 Å². The number of ether oxygens (including phenoxy) is 1. The Hall–Kier alpha value is -2.08. The fourth-order valence-electron chi connectivity index (χ4n) is 2.43. The molecule has 0 aromatic heterocycles. The average molecular weight is 305 g/mol. The smallest absolute Gasteiger partial charge is 0.227 e. The van der Waals surface area contributed by atoms with Crippen molar-refractivity contribution in [2.24, 2.45) is 11.7 Å². The summed E-state index contributed by atoms with van der Waals surface area (Å²) in [4.78, 5) is 26.0. The monoisotopic (exact) mass is 305 g/mol. The molecule has 1 aliphatic rings. The van der Waals surface area contributed by atoms with Gasteiger partial charge in [-0.15, -0.1) is 0 Å². The van der Waals surface area contributed by atoms with E-state index >= 15 is 0 Å². The van der Waals surface area contributed by atoms with E-state index in [0.29, 0.717) is 24.5 Å². The molecule has 1 atom stereocenters. The van der Waals surface area contributed by atoms with Crippen LogP contribution in [0.2, 0.25) is 0 Å². The third kappa shape index (κ3) is 3.76. The number of benzene rings is 1. The van der Waals surface area contributed by atoms with Gasteiger partial charge < -0.3 is 20.7 Å². The Bertz CT molecular complexity index is 566. The van der Waals surface area contributed by atoms with Gasteiger partial charge in [-0.05, 0) is 26.0 Å². The number of carbonyl (C=O) groups is 2. The van der Waals surface area contributed by atoms with Gasteiger partial charge in [0.15, 0.2) is 0 Å². The van der Waals surface area contributed by atoms with Crippen LogP contribution in [0, 0.1) is 5.92 Å². The van der Waals surface area contributed by atoms with Crippen LogP contribution in [0.25, 0.3) is 0 Å². The van der Waals surface area contributed by atoms with Crippen LogP contribution in [0.1, 0.15) is 20.3 Å². The molecule has 1 aromatic rings. The number of rotatable bonds is 5. The van der Waals surface area contributed by atoms with E-state index in [1.54, 1.807) is 18.1 Å². The summed E-state index contributed by atoms with van der Waals surface area (Å²) >= 11 is 0. The van der Waals surface area contributed by atoms with E-state index < -0.39 is 5.54 Å². The van der Waals surface area contributed by atoms with E-state index in [4.69, 9.17) is 10.5 Å². The lowest BCUT2D eigenvalue weighted by Gasteiger charge is -2.21. The Morgan fingerprint density at radius 2 is 2.14 bits per heavy atom. The van der Waals surface area contributed by atoms with Gasteiger partial charge in [0, 0.05) is 25.0 Å². The number of nitrogens with zero attached hydrogens (tertiary/aromatic N) is 1. The second kappa shape index (κ2) is 6.36. The van der Waals surface area contributed by atoms with Crippen molar-refractivity contribution in [3.63, 3.8) is 0 Å². The molecular weight excluding hydrogens is 282 g/mol. The Labute approximate surface area is 130 Å². The Kier molecular flexibility index (Phi) is 4.71. The molecule has 0 aliphatic carbocycles. The zero-order valence-electron chi connectivity index (χ0n) is 13.3. The van der Waals surface area contributed by atoms with Crippen LogP contribution in [0.5, 0.6) is 5.75 Å². The molecule has 0 bridgehead atoms. The SMILES string of the molecule is COc1ccccc1N1CC(C(=O)NCC(C)(C)N)CC1=O. The van der Waals surface area contributed by atoms with E-state index in [1.807, 2.05) is 32.0 Å². The number of nitrogens with two attached hydrogens (primary N) is 1. The summed E-state index contributed by atoms with van der Waals surface area (Å²) in [6.07, 6.45) is 0.203. The molecule has 120 valence electrons. The Morgan fingerprint density at radius 3 is 2.77 bits per heavy atom. The minimum atomic E-state index is -0.472. The maximum atomic E-state index is 12.2. The predicted molar refractivity (Wildman–Crippen MR) is 84.7 cm³/mol. The van der Waals surface area contributed by atoms with Crippen molar-refractivity contribution in [1.82, 2.24) is 5.32 Å². The summed E-state index contributed by atoms with van der Waals surface area (Å²) < 4.78 is 5.28. The van der Waals surface area contributed by atoms with Gasteiger partial charge in [0.05, 0.1) is 18.7 Å². The molecule has 0 radical (unpaired) electrons. The minimum Gasteiger partial charge on any atom is -0.495 e. The molecule has 6 nitrogen and oxygen atoms in total. The molecule has 3 N–H and O–H groups in total. The maximum Gasteiger partial charge on any atom is 0.227 e. The summed E-state index contributed by atoms with van der Waals surface area (Å²) in [7, 11) is 1.56. The summed E-state index contributed by atoms with van der Waals surface area (Å²) in [5.74, 6) is 0.0562. The number of amides is 2. The highest BCUT2D eigenvalue weighted by Gasteiger charge is 2.36. The van der Waals surface area contributed by atoms with Gasteiger partial charge in [0.1, 0.15) is 5.75 Å². The molecule has 0 spiro atoms. The lowest BCUT2D eigenvalue weighted by Crippen LogP contribution is -2.46. The number of nitrogens with one attached hydrogen (secondary N) is 1. The Morgan fingerprint density at radius 1 is 1.45 bits per heavy atom. The van der Waals surface area contributed by atoms with Gasteiger partial charge in [-0.1, -0.05) is 12.1 Å². The van der Waals surface area contributed by atoms with E-state index in [-0.39, 0.29) is 24.2 Å². The number of para-hydroxylation sites is 2. The molecule has 1 heterocycles. The van der Waals surface area contributed by atoms with Crippen LogP contribution in [0.3, 0.4) is 0 Å². The van der Waals surface area contributed by atoms with Crippen molar-refractivity contribution < 1.29 is 14.3 Å². The van der Waals surface area contributed by atoms with Crippen molar-refractivity contribution in [1.29, 1.82) is 0 Å². The number of methoxy groups -OCH3 is 1. The lowest BCUT2D eigenvalue weighted by atomic mass is 10.1. The predicted octanol–water partition coefficient (Wildman–Crippen LogP) is 0.902. The highest BCUT2D eigenvalue weighted by atomic mass is 16.5. The minimum absolute atomic E-state index is 0.0725. The van der Waals surface area contributed by atoms with E-state index in [0.717, 1.165) is 0 Å². The average Bonchev–Trinajstić information content (AvgIpc) is 2.86. The molecule has 1 aromatic carbocycles. The Balaban J connectivity index is 2.06. The first kappa shape index (κ1) is 16.3. The highest BCUT2D eigenvalue weighted by Crippen LogP contribution is 2.32. The largest absolute Gasteiger partial charge is 0.495 e. The molecule has 1 fully saturated rings. The maximum absolute atomic E-state index is 12.2. The zero-order chi connectivity index (χ0) is 16.3. The quantitative estimate of drug-likeness (QED) is 0.846. The summed E-state index contributed by atoms with van der Waals surface area (Å²) in [5.41, 5.74) is 6.08. The van der Waals surface area contributed by atoms with E-state index in [2.05, 4.69) is 5.32 Å². The number of carbonyl (C=O) groups excluding carboxylic acids is 2. The molecule has 22 heavy (non-hydrogen) atoms. The van der Waals surface area contributed by atoms with Gasteiger partial charge in [-0.25, -0.2) is 0 Å². The van der Waals surface area contributed by atoms with Crippen LogP contribution in [-0.4, -0.2) is 37.6 Å². The van der Waals surface area contributed by atoms with E-state index in [9.17, 15) is 9.59 Å². The second-order valence-electron chi connectivity index (χ2n) is 6.28. The molecule has 1 aliphatic heterocycles. The molecule has 1 unspecified atom stereocenters. The van der Waals surface area contributed by atoms with Gasteiger partial charge >= 0.3 is 0 Å². The topological polar surface area (TPSA) is 84.7 Å². The van der Waals surface area contributed by atoms with Gasteiger partial charge in [-0.3, -0.25) is 9.59 Å². The van der Waals surface area contributed by atoms with Crippen molar-refractivity contribution >= 4 is 17.5 Å². The first-order chi connectivity index (χ1) is 10.3.